The van der Waals surface area contributed by atoms with Crippen LogP contribution < -0.4 is 0 Å². The van der Waals surface area contributed by atoms with Crippen LogP contribution in [0.25, 0.3) is 11.0 Å². The van der Waals surface area contributed by atoms with Crippen molar-refractivity contribution in [3.05, 3.63) is 36.2 Å². The summed E-state index contributed by atoms with van der Waals surface area (Å²) in [5.74, 6) is -0.308. The summed E-state index contributed by atoms with van der Waals surface area (Å²) in [5.41, 5.74) is 1.86. The summed E-state index contributed by atoms with van der Waals surface area (Å²) in [6.07, 6.45) is 3.16. The lowest BCUT2D eigenvalue weighted by molar-refractivity contribution is 0.0904. The molecule has 0 fully saturated rings. The summed E-state index contributed by atoms with van der Waals surface area (Å²) in [6.45, 7) is -0.480. The highest BCUT2D eigenvalue weighted by Gasteiger charge is 2.05. The minimum atomic E-state index is -0.480. The molecule has 2 aromatic rings. The fourth-order valence-electron chi connectivity index (χ4n) is 1.23. The standard InChI is InChI=1S/C10H8N2O2/c13-6-10(14)7-1-2-8-9(5-7)12-4-3-11-8/h1-5,13H,6H2. The number of aliphatic hydroxyl groups is 1. The van der Waals surface area contributed by atoms with E-state index in [0.717, 1.165) is 5.52 Å². The quantitative estimate of drug-likeness (QED) is 0.708. The van der Waals surface area contributed by atoms with Crippen LogP contribution in [0.5, 0.6) is 0 Å². The molecule has 0 bridgehead atoms. The Balaban J connectivity index is 2.56. The number of hydrogen-bond donors (Lipinski definition) is 1. The Morgan fingerprint density at radius 1 is 1.21 bits per heavy atom. The van der Waals surface area contributed by atoms with Gasteiger partial charge in [-0.1, -0.05) is 0 Å². The molecule has 1 aromatic heterocycles. The lowest BCUT2D eigenvalue weighted by Gasteiger charge is -1.99. The van der Waals surface area contributed by atoms with Crippen LogP contribution in [0.4, 0.5) is 0 Å². The minimum Gasteiger partial charge on any atom is -0.388 e. The molecule has 4 nitrogen and oxygen atoms in total. The highest BCUT2D eigenvalue weighted by molar-refractivity contribution is 5.99. The van der Waals surface area contributed by atoms with E-state index in [9.17, 15) is 4.79 Å². The second-order valence-corrected chi connectivity index (χ2v) is 2.84. The van der Waals surface area contributed by atoms with Gasteiger partial charge in [-0.05, 0) is 18.2 Å². The molecule has 14 heavy (non-hydrogen) atoms. The molecular weight excluding hydrogens is 180 g/mol. The molecule has 0 amide bonds. The van der Waals surface area contributed by atoms with E-state index in [0.29, 0.717) is 11.1 Å². The van der Waals surface area contributed by atoms with E-state index in [-0.39, 0.29) is 5.78 Å². The lowest BCUT2D eigenvalue weighted by atomic mass is 10.1. The number of rotatable bonds is 2. The van der Waals surface area contributed by atoms with Gasteiger partial charge in [0, 0.05) is 18.0 Å². The number of Topliss-reactive ketones (excluding diaryl/α,β-unsaturated/α-hetero) is 1. The van der Waals surface area contributed by atoms with Crippen molar-refractivity contribution in [3.8, 4) is 0 Å². The minimum absolute atomic E-state index is 0.308. The Hall–Kier alpha value is -1.81. The number of carbonyl (C=O) groups is 1. The Labute approximate surface area is 80.2 Å². The predicted molar refractivity (Wildman–Crippen MR) is 51.0 cm³/mol. The normalized spacial score (nSPS) is 10.4. The third-order valence-electron chi connectivity index (χ3n) is 1.93. The van der Waals surface area contributed by atoms with Crippen LogP contribution in [0, 0.1) is 0 Å². The lowest BCUT2D eigenvalue weighted by Crippen LogP contribution is -2.04. The summed E-state index contributed by atoms with van der Waals surface area (Å²) in [7, 11) is 0. The Kier molecular flexibility index (Phi) is 2.20. The fourth-order valence-corrected chi connectivity index (χ4v) is 1.23. The van der Waals surface area contributed by atoms with Gasteiger partial charge in [0.05, 0.1) is 11.0 Å². The van der Waals surface area contributed by atoms with E-state index in [1.807, 2.05) is 0 Å². The predicted octanol–water partition coefficient (Wildman–Crippen LogP) is 0.805. The van der Waals surface area contributed by atoms with Crippen molar-refractivity contribution in [1.29, 1.82) is 0 Å². The number of aromatic nitrogens is 2. The topological polar surface area (TPSA) is 63.1 Å². The Bertz CT molecular complexity index is 482. The van der Waals surface area contributed by atoms with Gasteiger partial charge >= 0.3 is 0 Å². The molecular formula is C10H8N2O2. The van der Waals surface area contributed by atoms with Gasteiger partial charge in [-0.3, -0.25) is 14.8 Å². The SMILES string of the molecule is O=C(CO)c1ccc2nccnc2c1. The van der Waals surface area contributed by atoms with Crippen LogP contribution in [0.2, 0.25) is 0 Å². The van der Waals surface area contributed by atoms with Crippen LogP contribution >= 0.6 is 0 Å². The summed E-state index contributed by atoms with van der Waals surface area (Å²) in [5, 5.41) is 8.67. The van der Waals surface area contributed by atoms with Crippen molar-refractivity contribution < 1.29 is 9.90 Å². The molecule has 0 saturated carbocycles. The molecule has 0 spiro atoms. The van der Waals surface area contributed by atoms with Crippen molar-refractivity contribution in [2.45, 2.75) is 0 Å². The third kappa shape index (κ3) is 1.47. The first-order valence-electron chi connectivity index (χ1n) is 4.16. The second kappa shape index (κ2) is 3.51. The summed E-state index contributed by atoms with van der Waals surface area (Å²) in [6, 6.07) is 4.97. The highest BCUT2D eigenvalue weighted by atomic mass is 16.3. The van der Waals surface area contributed by atoms with Crippen LogP contribution in [-0.4, -0.2) is 27.5 Å². The molecule has 1 aromatic carbocycles. The molecule has 0 aliphatic heterocycles. The monoisotopic (exact) mass is 188 g/mol. The van der Waals surface area contributed by atoms with E-state index in [4.69, 9.17) is 5.11 Å². The number of fused-ring (bicyclic) bond motifs is 1. The molecule has 1 N–H and O–H groups in total. The first kappa shape index (κ1) is 8.77. The number of ketones is 1. The number of aliphatic hydroxyl groups excluding tert-OH is 1. The average molecular weight is 188 g/mol. The Morgan fingerprint density at radius 3 is 2.64 bits per heavy atom. The molecule has 4 heteroatoms. The zero-order valence-electron chi connectivity index (χ0n) is 7.34. The first-order chi connectivity index (χ1) is 6.81. The Morgan fingerprint density at radius 2 is 1.93 bits per heavy atom. The van der Waals surface area contributed by atoms with E-state index >= 15 is 0 Å². The maximum absolute atomic E-state index is 11.2. The van der Waals surface area contributed by atoms with Gasteiger partial charge in [0.15, 0.2) is 5.78 Å². The number of hydrogen-bond acceptors (Lipinski definition) is 4. The van der Waals surface area contributed by atoms with Gasteiger partial charge in [0.2, 0.25) is 0 Å². The molecule has 1 heterocycles. The van der Waals surface area contributed by atoms with Gasteiger partial charge in [-0.2, -0.15) is 0 Å². The van der Waals surface area contributed by atoms with E-state index in [2.05, 4.69) is 9.97 Å². The molecule has 0 unspecified atom stereocenters. The van der Waals surface area contributed by atoms with Gasteiger partial charge < -0.3 is 5.11 Å². The van der Waals surface area contributed by atoms with Crippen LogP contribution in [0.15, 0.2) is 30.6 Å². The van der Waals surface area contributed by atoms with Gasteiger partial charge in [-0.25, -0.2) is 0 Å². The zero-order chi connectivity index (χ0) is 9.97. The molecule has 0 saturated heterocycles. The molecule has 0 aliphatic rings. The van der Waals surface area contributed by atoms with E-state index in [1.54, 1.807) is 30.6 Å². The van der Waals surface area contributed by atoms with Gasteiger partial charge in [0.1, 0.15) is 6.61 Å². The smallest absolute Gasteiger partial charge is 0.188 e. The maximum atomic E-state index is 11.2. The molecule has 0 radical (unpaired) electrons. The highest BCUT2D eigenvalue weighted by Crippen LogP contribution is 2.10. The average Bonchev–Trinajstić information content (AvgIpc) is 2.27. The van der Waals surface area contributed by atoms with Crippen LogP contribution in [0.3, 0.4) is 0 Å². The van der Waals surface area contributed by atoms with Gasteiger partial charge in [-0.15, -0.1) is 0 Å². The van der Waals surface area contributed by atoms with Crippen LogP contribution in [-0.2, 0) is 0 Å². The molecule has 70 valence electrons. The van der Waals surface area contributed by atoms with Crippen molar-refractivity contribution in [2.24, 2.45) is 0 Å². The molecule has 2 rings (SSSR count). The van der Waals surface area contributed by atoms with Gasteiger partial charge in [0.25, 0.3) is 0 Å². The third-order valence-corrected chi connectivity index (χ3v) is 1.93. The van der Waals surface area contributed by atoms with E-state index in [1.165, 1.54) is 0 Å². The van der Waals surface area contributed by atoms with Crippen molar-refractivity contribution >= 4 is 16.8 Å². The van der Waals surface area contributed by atoms with Crippen molar-refractivity contribution in [1.82, 2.24) is 9.97 Å². The summed E-state index contributed by atoms with van der Waals surface area (Å²) < 4.78 is 0. The van der Waals surface area contributed by atoms with Crippen LogP contribution in [0.1, 0.15) is 10.4 Å². The zero-order valence-corrected chi connectivity index (χ0v) is 7.34. The largest absolute Gasteiger partial charge is 0.388 e. The van der Waals surface area contributed by atoms with E-state index < -0.39 is 6.61 Å². The second-order valence-electron chi connectivity index (χ2n) is 2.84. The summed E-state index contributed by atoms with van der Waals surface area (Å²) in [4.78, 5) is 19.3. The number of benzene rings is 1. The number of carbonyl (C=O) groups excluding carboxylic acids is 1. The fraction of sp³-hybridized carbons (Fsp3) is 0.100. The number of nitrogens with zero attached hydrogens (tertiary/aromatic N) is 2. The molecule has 0 atom stereocenters. The van der Waals surface area contributed by atoms with Crippen molar-refractivity contribution in [3.63, 3.8) is 0 Å². The van der Waals surface area contributed by atoms with Crippen molar-refractivity contribution in [2.75, 3.05) is 6.61 Å². The summed E-state index contributed by atoms with van der Waals surface area (Å²) >= 11 is 0. The maximum Gasteiger partial charge on any atom is 0.188 e. The first-order valence-corrected chi connectivity index (χ1v) is 4.16. The molecule has 0 aliphatic carbocycles.